The highest BCUT2D eigenvalue weighted by Crippen LogP contribution is 2.06. The lowest BCUT2D eigenvalue weighted by atomic mass is 10.3. The van der Waals surface area contributed by atoms with Crippen molar-refractivity contribution in [3.8, 4) is 0 Å². The molecule has 96 valence electrons. The molecule has 7 nitrogen and oxygen atoms in total. The number of nitrogens with two attached hydrogens (primary N) is 1. The molecule has 0 saturated carbocycles. The minimum absolute atomic E-state index is 0.000994. The molecule has 1 rings (SSSR count). The zero-order valence-corrected chi connectivity index (χ0v) is 10.6. The fraction of sp³-hybridized carbons (Fsp3) is 0.700. The molecular weight excluding hydrogens is 218 g/mol. The average molecular weight is 239 g/mol. The molecule has 0 radical (unpaired) electrons. The molecule has 4 N–H and O–H groups in total. The Kier molecular flexibility index (Phi) is 5.41. The molecule has 1 atom stereocenters. The predicted molar refractivity (Wildman–Crippen MR) is 67.1 cm³/mol. The van der Waals surface area contributed by atoms with Gasteiger partial charge in [0, 0.05) is 13.6 Å². The van der Waals surface area contributed by atoms with Crippen LogP contribution in [-0.4, -0.2) is 27.3 Å². The van der Waals surface area contributed by atoms with Gasteiger partial charge >= 0.3 is 0 Å². The molecule has 0 aliphatic carbocycles. The number of unbranched alkanes of at least 4 members (excludes halogenated alkanes) is 1. The van der Waals surface area contributed by atoms with Crippen LogP contribution < -0.4 is 16.6 Å². The van der Waals surface area contributed by atoms with E-state index < -0.39 is 0 Å². The zero-order chi connectivity index (χ0) is 12.7. The maximum absolute atomic E-state index is 5.41. The molecule has 0 saturated heterocycles. The molecule has 0 aliphatic heterocycles. The number of hydrazine groups is 1. The van der Waals surface area contributed by atoms with Crippen molar-refractivity contribution >= 4 is 5.96 Å². The lowest BCUT2D eigenvalue weighted by molar-refractivity contribution is 0.611. The molecule has 0 fully saturated rings. The molecule has 1 heterocycles. The van der Waals surface area contributed by atoms with Crippen LogP contribution in [0, 0.1) is 0 Å². The van der Waals surface area contributed by atoms with Crippen molar-refractivity contribution in [3.05, 3.63) is 12.2 Å². The van der Waals surface area contributed by atoms with Gasteiger partial charge in [-0.05, 0) is 13.3 Å². The molecule has 0 aromatic carbocycles. The van der Waals surface area contributed by atoms with Crippen molar-refractivity contribution < 1.29 is 0 Å². The van der Waals surface area contributed by atoms with E-state index in [0.29, 0.717) is 5.96 Å². The van der Waals surface area contributed by atoms with Gasteiger partial charge in [-0.15, -0.1) is 10.2 Å². The summed E-state index contributed by atoms with van der Waals surface area (Å²) >= 11 is 0. The first-order chi connectivity index (χ1) is 8.19. The van der Waals surface area contributed by atoms with Crippen LogP contribution in [0.5, 0.6) is 0 Å². The van der Waals surface area contributed by atoms with E-state index in [1.165, 1.54) is 0 Å². The van der Waals surface area contributed by atoms with E-state index in [1.807, 2.05) is 18.5 Å². The molecular formula is C10H21N7. The summed E-state index contributed by atoms with van der Waals surface area (Å²) in [6.07, 6.45) is 3.82. The highest BCUT2D eigenvalue weighted by Gasteiger charge is 2.12. The first kappa shape index (κ1) is 13.4. The van der Waals surface area contributed by atoms with Crippen molar-refractivity contribution in [3.63, 3.8) is 0 Å². The normalized spacial score (nSPS) is 13.5. The predicted octanol–water partition coefficient (Wildman–Crippen LogP) is 0.0851. The van der Waals surface area contributed by atoms with Crippen LogP contribution in [0.15, 0.2) is 11.3 Å². The summed E-state index contributed by atoms with van der Waals surface area (Å²) < 4.78 is 1.86. The highest BCUT2D eigenvalue weighted by atomic mass is 15.4. The van der Waals surface area contributed by atoms with E-state index in [0.717, 1.165) is 25.2 Å². The summed E-state index contributed by atoms with van der Waals surface area (Å²) in [6, 6.07) is -0.000994. The number of nitrogens with one attached hydrogen (secondary N) is 2. The van der Waals surface area contributed by atoms with Crippen molar-refractivity contribution in [2.75, 3.05) is 6.54 Å². The minimum Gasteiger partial charge on any atom is -0.346 e. The topological polar surface area (TPSA) is 93.2 Å². The number of rotatable bonds is 5. The van der Waals surface area contributed by atoms with Gasteiger partial charge in [-0.25, -0.2) is 5.84 Å². The van der Waals surface area contributed by atoms with E-state index in [2.05, 4.69) is 32.9 Å². The number of guanidine groups is 1. The summed E-state index contributed by atoms with van der Waals surface area (Å²) in [4.78, 5) is 4.32. The fourth-order valence-electron chi connectivity index (χ4n) is 1.44. The number of aromatic nitrogens is 3. The van der Waals surface area contributed by atoms with Crippen LogP contribution in [0.2, 0.25) is 0 Å². The summed E-state index contributed by atoms with van der Waals surface area (Å²) in [5.74, 6) is 6.82. The van der Waals surface area contributed by atoms with Crippen LogP contribution in [0.4, 0.5) is 0 Å². The maximum atomic E-state index is 5.41. The van der Waals surface area contributed by atoms with Crippen LogP contribution in [-0.2, 0) is 7.05 Å². The van der Waals surface area contributed by atoms with Crippen molar-refractivity contribution in [2.24, 2.45) is 17.9 Å². The minimum atomic E-state index is -0.000994. The number of hydrogen-bond acceptors (Lipinski definition) is 4. The number of aliphatic imine (C=N–C) groups is 1. The Bertz CT molecular complexity index is 357. The quantitative estimate of drug-likeness (QED) is 0.222. The largest absolute Gasteiger partial charge is 0.346 e. The molecule has 1 aromatic heterocycles. The van der Waals surface area contributed by atoms with Gasteiger partial charge in [0.2, 0.25) is 5.96 Å². The number of nitrogens with zero attached hydrogens (tertiary/aromatic N) is 4. The molecule has 0 spiro atoms. The molecule has 0 bridgehead atoms. The van der Waals surface area contributed by atoms with E-state index >= 15 is 0 Å². The van der Waals surface area contributed by atoms with E-state index in [9.17, 15) is 0 Å². The lowest BCUT2D eigenvalue weighted by Gasteiger charge is -2.15. The first-order valence-corrected chi connectivity index (χ1v) is 5.80. The third-order valence-corrected chi connectivity index (χ3v) is 2.41. The van der Waals surface area contributed by atoms with Crippen LogP contribution in [0.25, 0.3) is 0 Å². The average Bonchev–Trinajstić information content (AvgIpc) is 2.74. The Morgan fingerprint density at radius 3 is 2.94 bits per heavy atom. The summed E-state index contributed by atoms with van der Waals surface area (Å²) in [5.41, 5.74) is 2.55. The summed E-state index contributed by atoms with van der Waals surface area (Å²) in [6.45, 7) is 4.87. The summed E-state index contributed by atoms with van der Waals surface area (Å²) in [7, 11) is 1.90. The Hall–Kier alpha value is -1.63. The van der Waals surface area contributed by atoms with Crippen molar-refractivity contribution in [2.45, 2.75) is 32.7 Å². The van der Waals surface area contributed by atoms with Gasteiger partial charge in [-0.3, -0.25) is 10.4 Å². The Morgan fingerprint density at radius 2 is 2.41 bits per heavy atom. The van der Waals surface area contributed by atoms with Gasteiger partial charge in [0.1, 0.15) is 6.33 Å². The first-order valence-electron chi connectivity index (χ1n) is 5.80. The smallest absolute Gasteiger partial charge is 0.206 e. The second kappa shape index (κ2) is 6.85. The second-order valence-electron chi connectivity index (χ2n) is 3.89. The van der Waals surface area contributed by atoms with E-state index in [4.69, 9.17) is 5.84 Å². The van der Waals surface area contributed by atoms with Crippen LogP contribution in [0.3, 0.4) is 0 Å². The van der Waals surface area contributed by atoms with Gasteiger partial charge in [-0.2, -0.15) is 0 Å². The van der Waals surface area contributed by atoms with Crippen LogP contribution >= 0.6 is 0 Å². The molecule has 1 unspecified atom stereocenters. The maximum Gasteiger partial charge on any atom is 0.206 e. The summed E-state index contributed by atoms with van der Waals surface area (Å²) in [5, 5.41) is 11.0. The Morgan fingerprint density at radius 1 is 1.65 bits per heavy atom. The van der Waals surface area contributed by atoms with Crippen molar-refractivity contribution in [1.82, 2.24) is 25.5 Å². The SMILES string of the molecule is CCCCN=C(NN)NC(C)c1nncn1C. The molecule has 0 aliphatic rings. The highest BCUT2D eigenvalue weighted by molar-refractivity contribution is 5.79. The Balaban J connectivity index is 2.56. The van der Waals surface area contributed by atoms with Gasteiger partial charge in [-0.1, -0.05) is 13.3 Å². The van der Waals surface area contributed by atoms with Gasteiger partial charge in [0.25, 0.3) is 0 Å². The van der Waals surface area contributed by atoms with E-state index in [-0.39, 0.29) is 6.04 Å². The van der Waals surface area contributed by atoms with Crippen LogP contribution in [0.1, 0.15) is 38.6 Å². The van der Waals surface area contributed by atoms with Crippen molar-refractivity contribution in [1.29, 1.82) is 0 Å². The van der Waals surface area contributed by atoms with Gasteiger partial charge in [0.15, 0.2) is 5.82 Å². The molecule has 17 heavy (non-hydrogen) atoms. The number of aryl methyl sites for hydroxylation is 1. The Labute approximate surface area is 101 Å². The molecule has 7 heteroatoms. The zero-order valence-electron chi connectivity index (χ0n) is 10.6. The monoisotopic (exact) mass is 239 g/mol. The third-order valence-electron chi connectivity index (χ3n) is 2.41. The fourth-order valence-corrected chi connectivity index (χ4v) is 1.44. The standard InChI is InChI=1S/C10H21N7/c1-4-5-6-12-10(15-11)14-8(2)9-16-13-7-17(9)3/h7-8H,4-6,11H2,1-3H3,(H2,12,14,15). The lowest BCUT2D eigenvalue weighted by Crippen LogP contribution is -2.43. The van der Waals surface area contributed by atoms with Gasteiger partial charge < -0.3 is 9.88 Å². The number of hydrogen-bond donors (Lipinski definition) is 3. The third kappa shape index (κ3) is 4.03. The second-order valence-corrected chi connectivity index (χ2v) is 3.89. The van der Waals surface area contributed by atoms with E-state index in [1.54, 1.807) is 6.33 Å². The molecule has 0 amide bonds. The molecule has 1 aromatic rings. The van der Waals surface area contributed by atoms with Gasteiger partial charge in [0.05, 0.1) is 6.04 Å².